The van der Waals surface area contributed by atoms with Gasteiger partial charge < -0.3 is 15.0 Å². The lowest BCUT2D eigenvalue weighted by Gasteiger charge is -2.16. The number of aryl methyl sites for hydroxylation is 1. The molecular formula is C17H19N3O2. The van der Waals surface area contributed by atoms with Crippen LogP contribution in [-0.2, 0) is 0 Å². The van der Waals surface area contributed by atoms with Gasteiger partial charge in [0.15, 0.2) is 0 Å². The molecule has 5 heteroatoms. The molecule has 0 spiro atoms. The summed E-state index contributed by atoms with van der Waals surface area (Å²) in [5, 5.41) is 7.56. The maximum absolute atomic E-state index is 12.7. The predicted octanol–water partition coefficient (Wildman–Crippen LogP) is 2.45. The van der Waals surface area contributed by atoms with Crippen LogP contribution in [0.1, 0.15) is 30.0 Å². The summed E-state index contributed by atoms with van der Waals surface area (Å²) in [5.74, 6) is 0.539. The second-order valence-corrected chi connectivity index (χ2v) is 5.66. The zero-order valence-corrected chi connectivity index (χ0v) is 12.7. The molecule has 1 aliphatic rings. The Morgan fingerprint density at radius 1 is 1.32 bits per heavy atom. The summed E-state index contributed by atoms with van der Waals surface area (Å²) in [6, 6.07) is 9.57. The Bertz CT molecular complexity index is 804. The number of benzene rings is 1. The van der Waals surface area contributed by atoms with Crippen molar-refractivity contribution in [2.24, 2.45) is 5.73 Å². The van der Waals surface area contributed by atoms with Crippen LogP contribution in [0.5, 0.6) is 5.75 Å². The third-order valence-electron chi connectivity index (χ3n) is 3.95. The van der Waals surface area contributed by atoms with Gasteiger partial charge in [-0.2, -0.15) is 0 Å². The molecule has 0 aliphatic heterocycles. The van der Waals surface area contributed by atoms with Crippen molar-refractivity contribution >= 4 is 5.84 Å². The molecule has 0 bridgehead atoms. The van der Waals surface area contributed by atoms with Crippen LogP contribution in [-0.4, -0.2) is 17.5 Å². The molecule has 1 aliphatic carbocycles. The van der Waals surface area contributed by atoms with E-state index in [2.05, 4.69) is 0 Å². The maximum atomic E-state index is 12.7. The van der Waals surface area contributed by atoms with Gasteiger partial charge in [0.25, 0.3) is 5.56 Å². The minimum atomic E-state index is -0.198. The topological polar surface area (TPSA) is 81.1 Å². The van der Waals surface area contributed by atoms with Gasteiger partial charge in [-0.1, -0.05) is 11.6 Å². The quantitative estimate of drug-likeness (QED) is 0.672. The zero-order chi connectivity index (χ0) is 15.9. The molecular weight excluding hydrogens is 278 g/mol. The zero-order valence-electron chi connectivity index (χ0n) is 12.7. The molecule has 0 amide bonds. The predicted molar refractivity (Wildman–Crippen MR) is 86.7 cm³/mol. The van der Waals surface area contributed by atoms with Gasteiger partial charge in [-0.3, -0.25) is 10.2 Å². The Morgan fingerprint density at radius 3 is 2.64 bits per heavy atom. The van der Waals surface area contributed by atoms with E-state index < -0.39 is 0 Å². The molecule has 5 nitrogen and oxygen atoms in total. The lowest BCUT2D eigenvalue weighted by atomic mass is 10.0. The normalized spacial score (nSPS) is 13.9. The molecule has 0 saturated heterocycles. The fourth-order valence-corrected chi connectivity index (χ4v) is 2.69. The highest BCUT2D eigenvalue weighted by molar-refractivity contribution is 5.94. The Balaban J connectivity index is 2.28. The Labute approximate surface area is 128 Å². The van der Waals surface area contributed by atoms with Crippen LogP contribution in [0.2, 0.25) is 0 Å². The average molecular weight is 297 g/mol. The van der Waals surface area contributed by atoms with E-state index in [-0.39, 0.29) is 23.0 Å². The van der Waals surface area contributed by atoms with Gasteiger partial charge >= 0.3 is 0 Å². The van der Waals surface area contributed by atoms with E-state index in [0.717, 1.165) is 35.4 Å². The lowest BCUT2D eigenvalue weighted by molar-refractivity contribution is 0.416. The fraction of sp³-hybridized carbons (Fsp3) is 0.294. The summed E-state index contributed by atoms with van der Waals surface area (Å²) >= 11 is 0. The van der Waals surface area contributed by atoms with Crippen molar-refractivity contribution in [2.75, 3.05) is 7.11 Å². The summed E-state index contributed by atoms with van der Waals surface area (Å²) in [7, 11) is 1.62. The summed E-state index contributed by atoms with van der Waals surface area (Å²) in [6.45, 7) is 2.01. The average Bonchev–Trinajstić information content (AvgIpc) is 3.31. The van der Waals surface area contributed by atoms with E-state index in [0.29, 0.717) is 0 Å². The summed E-state index contributed by atoms with van der Waals surface area (Å²) in [4.78, 5) is 12.7. The molecule has 1 aromatic heterocycles. The van der Waals surface area contributed by atoms with Gasteiger partial charge in [0.1, 0.15) is 11.6 Å². The number of amidine groups is 1. The number of methoxy groups -OCH3 is 1. The molecule has 22 heavy (non-hydrogen) atoms. The maximum Gasteiger partial charge on any atom is 0.262 e. The van der Waals surface area contributed by atoms with Crippen LogP contribution >= 0.6 is 0 Å². The van der Waals surface area contributed by atoms with Gasteiger partial charge in [-0.25, -0.2) is 0 Å². The minimum absolute atomic E-state index is 0.187. The van der Waals surface area contributed by atoms with E-state index in [1.165, 1.54) is 0 Å². The molecule has 2 aromatic rings. The number of nitrogens with zero attached hydrogens (tertiary/aromatic N) is 1. The SMILES string of the molecule is COc1ccc(C)cc1-c1ccc(C(=N)N)c(=O)n1C1CC1. The van der Waals surface area contributed by atoms with Crippen LogP contribution in [0.15, 0.2) is 35.1 Å². The number of hydrogen-bond acceptors (Lipinski definition) is 3. The molecule has 0 radical (unpaired) electrons. The van der Waals surface area contributed by atoms with Gasteiger partial charge in [0, 0.05) is 11.6 Å². The van der Waals surface area contributed by atoms with Crippen LogP contribution in [0.25, 0.3) is 11.3 Å². The number of nitrogens with two attached hydrogens (primary N) is 1. The van der Waals surface area contributed by atoms with Crippen molar-refractivity contribution in [1.29, 1.82) is 5.41 Å². The molecule has 1 saturated carbocycles. The smallest absolute Gasteiger partial charge is 0.262 e. The first-order valence-corrected chi connectivity index (χ1v) is 7.28. The van der Waals surface area contributed by atoms with E-state index in [1.54, 1.807) is 17.7 Å². The molecule has 3 N–H and O–H groups in total. The molecule has 0 unspecified atom stereocenters. The van der Waals surface area contributed by atoms with Crippen LogP contribution in [0, 0.1) is 12.3 Å². The largest absolute Gasteiger partial charge is 0.496 e. The van der Waals surface area contributed by atoms with Crippen molar-refractivity contribution in [1.82, 2.24) is 4.57 Å². The highest BCUT2D eigenvalue weighted by Gasteiger charge is 2.29. The number of pyridine rings is 1. The van der Waals surface area contributed by atoms with Gasteiger partial charge in [-0.05, 0) is 44.0 Å². The van der Waals surface area contributed by atoms with Crippen molar-refractivity contribution in [2.45, 2.75) is 25.8 Å². The van der Waals surface area contributed by atoms with Crippen LogP contribution in [0.4, 0.5) is 0 Å². The molecule has 0 atom stereocenters. The molecule has 114 valence electrons. The Kier molecular flexibility index (Phi) is 3.48. The number of hydrogen-bond donors (Lipinski definition) is 2. The third kappa shape index (κ3) is 2.39. The number of aromatic nitrogens is 1. The number of rotatable bonds is 4. The van der Waals surface area contributed by atoms with E-state index in [4.69, 9.17) is 15.9 Å². The van der Waals surface area contributed by atoms with Crippen LogP contribution < -0.4 is 16.0 Å². The van der Waals surface area contributed by atoms with Crippen molar-refractivity contribution in [3.05, 3.63) is 51.8 Å². The summed E-state index contributed by atoms with van der Waals surface area (Å²) < 4.78 is 7.20. The second-order valence-electron chi connectivity index (χ2n) is 5.66. The Hall–Kier alpha value is -2.56. The molecule has 1 aromatic carbocycles. The molecule has 1 fully saturated rings. The highest BCUT2D eigenvalue weighted by atomic mass is 16.5. The second kappa shape index (κ2) is 5.33. The van der Waals surface area contributed by atoms with Crippen LogP contribution in [0.3, 0.4) is 0 Å². The number of nitrogen functional groups attached to an aromatic ring is 1. The summed E-state index contributed by atoms with van der Waals surface area (Å²) in [5.41, 5.74) is 8.38. The van der Waals surface area contributed by atoms with Gasteiger partial charge in [0.2, 0.25) is 0 Å². The molecule has 1 heterocycles. The number of ether oxygens (including phenoxy) is 1. The molecule has 3 rings (SSSR count). The first-order chi connectivity index (χ1) is 10.5. The van der Waals surface area contributed by atoms with Crippen molar-refractivity contribution < 1.29 is 4.74 Å². The van der Waals surface area contributed by atoms with Crippen molar-refractivity contribution in [3.63, 3.8) is 0 Å². The lowest BCUT2D eigenvalue weighted by Crippen LogP contribution is -2.30. The van der Waals surface area contributed by atoms with E-state index in [1.807, 2.05) is 31.2 Å². The Morgan fingerprint density at radius 2 is 2.05 bits per heavy atom. The standard InChI is InChI=1S/C17H19N3O2/c1-10-3-8-15(22-2)13(9-10)14-7-6-12(16(18)19)17(21)20(14)11-4-5-11/h3,6-9,11H,4-5H2,1-2H3,(H3,18,19). The third-order valence-corrected chi connectivity index (χ3v) is 3.95. The first kappa shape index (κ1) is 14.4. The van der Waals surface area contributed by atoms with Gasteiger partial charge in [-0.15, -0.1) is 0 Å². The number of nitrogens with one attached hydrogen (secondary N) is 1. The van der Waals surface area contributed by atoms with Crippen molar-refractivity contribution in [3.8, 4) is 17.0 Å². The van der Waals surface area contributed by atoms with E-state index >= 15 is 0 Å². The summed E-state index contributed by atoms with van der Waals surface area (Å²) in [6.07, 6.45) is 1.95. The highest BCUT2D eigenvalue weighted by Crippen LogP contribution is 2.39. The minimum Gasteiger partial charge on any atom is -0.496 e. The fourth-order valence-electron chi connectivity index (χ4n) is 2.69. The van der Waals surface area contributed by atoms with Gasteiger partial charge in [0.05, 0.1) is 18.4 Å². The first-order valence-electron chi connectivity index (χ1n) is 7.28. The monoisotopic (exact) mass is 297 g/mol. The van der Waals surface area contributed by atoms with E-state index in [9.17, 15) is 4.79 Å².